The quantitative estimate of drug-likeness (QED) is 0.207. The lowest BCUT2D eigenvalue weighted by Crippen LogP contribution is -2.00. The third-order valence-corrected chi connectivity index (χ3v) is 9.02. The molecule has 0 unspecified atom stereocenters. The van der Waals surface area contributed by atoms with E-state index >= 15 is 0 Å². The highest BCUT2D eigenvalue weighted by molar-refractivity contribution is 7.21. The Kier molecular flexibility index (Phi) is 5.61. The number of hydrogen-bond acceptors (Lipinski definition) is 6. The predicted molar refractivity (Wildman–Crippen MR) is 180 cm³/mol. The van der Waals surface area contributed by atoms with E-state index in [0.29, 0.717) is 17.5 Å². The monoisotopic (exact) mass is 582 g/mol. The van der Waals surface area contributed by atoms with E-state index in [1.54, 1.807) is 11.3 Å². The summed E-state index contributed by atoms with van der Waals surface area (Å²) < 4.78 is 7.55. The van der Waals surface area contributed by atoms with Crippen LogP contribution in [-0.2, 0) is 0 Å². The fourth-order valence-corrected chi connectivity index (χ4v) is 6.75. The molecule has 0 fully saturated rings. The van der Waals surface area contributed by atoms with E-state index in [-0.39, 0.29) is 0 Å². The second-order valence-corrected chi connectivity index (χ2v) is 11.7. The number of rotatable bonds is 4. The molecular weight excluding hydrogens is 561 g/mol. The van der Waals surface area contributed by atoms with Gasteiger partial charge < -0.3 is 4.42 Å². The van der Waals surface area contributed by atoms with Gasteiger partial charge in [0.25, 0.3) is 0 Å². The van der Waals surface area contributed by atoms with Crippen molar-refractivity contribution in [1.29, 1.82) is 0 Å². The highest BCUT2D eigenvalue weighted by Crippen LogP contribution is 2.40. The van der Waals surface area contributed by atoms with Gasteiger partial charge in [0.1, 0.15) is 16.2 Å². The zero-order valence-electron chi connectivity index (χ0n) is 23.3. The second-order valence-electron chi connectivity index (χ2n) is 10.7. The summed E-state index contributed by atoms with van der Waals surface area (Å²) in [5.41, 5.74) is 6.39. The topological polar surface area (TPSA) is 64.7 Å². The van der Waals surface area contributed by atoms with Gasteiger partial charge in [-0.15, -0.1) is 11.3 Å². The van der Waals surface area contributed by atoms with Crippen molar-refractivity contribution in [2.45, 2.75) is 0 Å². The molecule has 5 nitrogen and oxygen atoms in total. The van der Waals surface area contributed by atoms with Crippen LogP contribution in [0.4, 0.5) is 0 Å². The highest BCUT2D eigenvalue weighted by atomic mass is 32.1. The fourth-order valence-electron chi connectivity index (χ4n) is 5.78. The number of thiazole rings is 1. The van der Waals surface area contributed by atoms with Crippen molar-refractivity contribution in [1.82, 2.24) is 19.9 Å². The molecule has 0 saturated heterocycles. The first-order valence-corrected chi connectivity index (χ1v) is 15.2. The molecule has 9 rings (SSSR count). The standard InChI is InChI=1S/C38H22N4OS/c1-3-10-24(11-4-1)35-40-36(25-12-5-2-6-13-25)42-37(41-35)27-17-18-29-31(22-27)43-30-19-20-32-34(33(29)30)39-38(44-32)28-16-15-23-9-7-8-14-26(23)21-28/h1-22H. The van der Waals surface area contributed by atoms with Crippen LogP contribution in [-0.4, -0.2) is 19.9 Å². The molecule has 44 heavy (non-hydrogen) atoms. The van der Waals surface area contributed by atoms with Gasteiger partial charge in [0, 0.05) is 27.6 Å². The minimum atomic E-state index is 0.595. The summed E-state index contributed by atoms with van der Waals surface area (Å²) in [7, 11) is 0. The Morgan fingerprint density at radius 1 is 0.455 bits per heavy atom. The van der Waals surface area contributed by atoms with Gasteiger partial charge in [-0.2, -0.15) is 0 Å². The van der Waals surface area contributed by atoms with Crippen molar-refractivity contribution >= 4 is 54.3 Å². The molecule has 0 saturated carbocycles. The van der Waals surface area contributed by atoms with E-state index in [9.17, 15) is 0 Å². The van der Waals surface area contributed by atoms with Gasteiger partial charge >= 0.3 is 0 Å². The average Bonchev–Trinajstić information content (AvgIpc) is 3.70. The Morgan fingerprint density at radius 2 is 1.09 bits per heavy atom. The van der Waals surface area contributed by atoms with Gasteiger partial charge in [0.15, 0.2) is 17.5 Å². The van der Waals surface area contributed by atoms with Crippen LogP contribution in [0.2, 0.25) is 0 Å². The van der Waals surface area contributed by atoms with Crippen LogP contribution in [0.3, 0.4) is 0 Å². The van der Waals surface area contributed by atoms with Gasteiger partial charge in [-0.1, -0.05) is 103 Å². The Bertz CT molecular complexity index is 2440. The molecule has 6 heteroatoms. The molecule has 3 aromatic heterocycles. The second kappa shape index (κ2) is 9.93. The predicted octanol–water partition coefficient (Wildman–Crippen LogP) is 10.2. The summed E-state index contributed by atoms with van der Waals surface area (Å²) in [5, 5.41) is 5.47. The van der Waals surface area contributed by atoms with E-state index in [4.69, 9.17) is 24.4 Å². The number of hydrogen-bond donors (Lipinski definition) is 0. The van der Waals surface area contributed by atoms with Gasteiger partial charge in [-0.05, 0) is 41.1 Å². The molecule has 0 N–H and O–H groups in total. The van der Waals surface area contributed by atoms with Crippen molar-refractivity contribution in [2.24, 2.45) is 0 Å². The number of fused-ring (bicyclic) bond motifs is 6. The minimum Gasteiger partial charge on any atom is -0.456 e. The van der Waals surface area contributed by atoms with Crippen LogP contribution in [0.25, 0.3) is 87.7 Å². The Morgan fingerprint density at radius 3 is 1.82 bits per heavy atom. The molecule has 0 atom stereocenters. The smallest absolute Gasteiger partial charge is 0.164 e. The normalized spacial score (nSPS) is 11.6. The average molecular weight is 583 g/mol. The molecule has 3 heterocycles. The third-order valence-electron chi connectivity index (χ3n) is 7.95. The molecule has 9 aromatic rings. The van der Waals surface area contributed by atoms with Gasteiger partial charge in [0.05, 0.1) is 15.6 Å². The Labute approximate surface area is 256 Å². The highest BCUT2D eigenvalue weighted by Gasteiger charge is 2.18. The van der Waals surface area contributed by atoms with E-state index in [2.05, 4.69) is 60.7 Å². The first kappa shape index (κ1) is 24.8. The zero-order chi connectivity index (χ0) is 29.0. The molecule has 0 spiro atoms. The van der Waals surface area contributed by atoms with Crippen molar-refractivity contribution in [3.05, 3.63) is 133 Å². The van der Waals surface area contributed by atoms with Crippen molar-refractivity contribution in [3.63, 3.8) is 0 Å². The van der Waals surface area contributed by atoms with E-state index in [1.807, 2.05) is 72.8 Å². The maximum Gasteiger partial charge on any atom is 0.164 e. The SMILES string of the molecule is c1ccc(-c2nc(-c3ccccc3)nc(-c3ccc4c(c3)oc3ccc5sc(-c6ccc7ccccc7c6)nc5c34)n2)cc1. The van der Waals surface area contributed by atoms with Crippen LogP contribution in [0.1, 0.15) is 0 Å². The number of benzene rings is 6. The fraction of sp³-hybridized carbons (Fsp3) is 0. The van der Waals surface area contributed by atoms with Crippen LogP contribution < -0.4 is 0 Å². The first-order chi connectivity index (χ1) is 21.8. The van der Waals surface area contributed by atoms with Gasteiger partial charge in [-0.25, -0.2) is 19.9 Å². The molecule has 0 aliphatic heterocycles. The summed E-state index contributed by atoms with van der Waals surface area (Å²) in [6, 6.07) is 45.3. The molecule has 206 valence electrons. The lowest BCUT2D eigenvalue weighted by atomic mass is 10.1. The Hall–Kier alpha value is -5.72. The van der Waals surface area contributed by atoms with E-state index in [1.165, 1.54) is 10.8 Å². The van der Waals surface area contributed by atoms with Crippen LogP contribution in [0.15, 0.2) is 138 Å². The molecule has 0 amide bonds. The molecule has 6 aromatic carbocycles. The van der Waals surface area contributed by atoms with E-state index in [0.717, 1.165) is 59.4 Å². The summed E-state index contributed by atoms with van der Waals surface area (Å²) in [4.78, 5) is 19.7. The van der Waals surface area contributed by atoms with Crippen molar-refractivity contribution < 1.29 is 4.42 Å². The number of nitrogens with zero attached hydrogens (tertiary/aromatic N) is 4. The summed E-state index contributed by atoms with van der Waals surface area (Å²) in [5.74, 6) is 1.85. The largest absolute Gasteiger partial charge is 0.456 e. The Balaban J connectivity index is 1.18. The lowest BCUT2D eigenvalue weighted by Gasteiger charge is -2.08. The molecule has 0 bridgehead atoms. The summed E-state index contributed by atoms with van der Waals surface area (Å²) in [6.45, 7) is 0. The minimum absolute atomic E-state index is 0.595. The van der Waals surface area contributed by atoms with Crippen LogP contribution in [0.5, 0.6) is 0 Å². The molecule has 0 radical (unpaired) electrons. The third kappa shape index (κ3) is 4.15. The summed E-state index contributed by atoms with van der Waals surface area (Å²) >= 11 is 1.71. The van der Waals surface area contributed by atoms with Gasteiger partial charge in [-0.3, -0.25) is 0 Å². The number of aromatic nitrogens is 4. The van der Waals surface area contributed by atoms with Crippen molar-refractivity contribution in [2.75, 3.05) is 0 Å². The van der Waals surface area contributed by atoms with Crippen LogP contribution >= 0.6 is 11.3 Å². The first-order valence-electron chi connectivity index (χ1n) is 14.4. The maximum atomic E-state index is 6.42. The number of furan rings is 1. The molecule has 0 aliphatic carbocycles. The van der Waals surface area contributed by atoms with Crippen LogP contribution in [0, 0.1) is 0 Å². The van der Waals surface area contributed by atoms with Gasteiger partial charge in [0.2, 0.25) is 0 Å². The lowest BCUT2D eigenvalue weighted by molar-refractivity contribution is 0.669. The molecular formula is C38H22N4OS. The van der Waals surface area contributed by atoms with Crippen molar-refractivity contribution in [3.8, 4) is 44.7 Å². The molecule has 0 aliphatic rings. The summed E-state index contributed by atoms with van der Waals surface area (Å²) in [6.07, 6.45) is 0. The zero-order valence-corrected chi connectivity index (χ0v) is 24.1. The maximum absolute atomic E-state index is 6.42. The van der Waals surface area contributed by atoms with E-state index < -0.39 is 0 Å².